The molecule has 3 aromatic carbocycles. The number of thiophene rings is 2. The van der Waals surface area contributed by atoms with Gasteiger partial charge in [-0.05, 0) is 107 Å². The number of pyridine rings is 1. The summed E-state index contributed by atoms with van der Waals surface area (Å²) in [6.07, 6.45) is 1.14. The number of rotatable bonds is 4. The summed E-state index contributed by atoms with van der Waals surface area (Å²) in [4.78, 5) is 8.18. The lowest BCUT2D eigenvalue weighted by molar-refractivity contribution is 0.596. The van der Waals surface area contributed by atoms with Gasteiger partial charge in [-0.15, -0.1) is 22.7 Å². The summed E-state index contributed by atoms with van der Waals surface area (Å²) < 4.78 is 2.68. The van der Waals surface area contributed by atoms with E-state index in [0.717, 1.165) is 17.6 Å². The summed E-state index contributed by atoms with van der Waals surface area (Å²) in [7, 11) is 0. The highest BCUT2D eigenvalue weighted by atomic mass is 32.1. The van der Waals surface area contributed by atoms with E-state index in [4.69, 9.17) is 4.98 Å². The molecule has 0 N–H and O–H groups in total. The van der Waals surface area contributed by atoms with Gasteiger partial charge in [0.1, 0.15) is 0 Å². The lowest BCUT2D eigenvalue weighted by atomic mass is 9.82. The molecule has 0 saturated carbocycles. The molecule has 0 spiro atoms. The molecule has 1 nitrogen and oxygen atoms in total. The van der Waals surface area contributed by atoms with Gasteiger partial charge < -0.3 is 0 Å². The predicted octanol–water partition coefficient (Wildman–Crippen LogP) is 11.4. The van der Waals surface area contributed by atoms with Crippen LogP contribution >= 0.6 is 22.7 Å². The van der Waals surface area contributed by atoms with Crippen LogP contribution in [0.4, 0.5) is 0 Å². The van der Waals surface area contributed by atoms with Gasteiger partial charge in [0.05, 0.1) is 15.9 Å². The fraction of sp³-hybridized carbons (Fsp3) is 0.306. The number of hydrogen-bond donors (Lipinski definition) is 0. The molecule has 0 aliphatic carbocycles. The van der Waals surface area contributed by atoms with Crippen LogP contribution in [0.5, 0.6) is 0 Å². The first-order valence-corrected chi connectivity index (χ1v) is 15.6. The number of nitrogens with zero attached hydrogens (tertiary/aromatic N) is 1. The smallest absolute Gasteiger partial charge is 0.0855 e. The van der Waals surface area contributed by atoms with Crippen molar-refractivity contribution in [1.29, 1.82) is 0 Å². The Morgan fingerprint density at radius 1 is 0.795 bits per heavy atom. The standard InChI is InChI=1S/C36H37NS2/c1-20(2)15-33-22(4)28-17-25(13-14-32(28)39-33)29-19-31(37-34-21(3)23(5)38-35(29)34)26-16-24-11-9-10-12-27(24)30(18-26)36(6,7)8/h9-14,16-20H,15H2,1-8H3. The summed E-state index contributed by atoms with van der Waals surface area (Å²) in [6, 6.07) is 22.9. The van der Waals surface area contributed by atoms with Gasteiger partial charge in [-0.1, -0.05) is 65.0 Å². The minimum atomic E-state index is 0.0344. The molecule has 3 heterocycles. The van der Waals surface area contributed by atoms with E-state index < -0.39 is 0 Å². The summed E-state index contributed by atoms with van der Waals surface area (Å²) in [5, 5.41) is 3.99. The van der Waals surface area contributed by atoms with Crippen LogP contribution in [0, 0.1) is 26.7 Å². The third-order valence-electron chi connectivity index (χ3n) is 8.02. The highest BCUT2D eigenvalue weighted by molar-refractivity contribution is 7.20. The van der Waals surface area contributed by atoms with Crippen LogP contribution in [0.2, 0.25) is 0 Å². The van der Waals surface area contributed by atoms with Gasteiger partial charge in [0.25, 0.3) is 0 Å². The molecule has 0 aliphatic rings. The lowest BCUT2D eigenvalue weighted by Crippen LogP contribution is -2.12. The molecule has 0 amide bonds. The second-order valence-electron chi connectivity index (χ2n) is 12.5. The Kier molecular flexibility index (Phi) is 6.44. The molecule has 6 aromatic rings. The van der Waals surface area contributed by atoms with E-state index in [2.05, 4.69) is 116 Å². The van der Waals surface area contributed by atoms with Crippen molar-refractivity contribution >= 4 is 53.7 Å². The van der Waals surface area contributed by atoms with E-state index in [0.29, 0.717) is 5.92 Å². The molecule has 0 atom stereocenters. The minimum Gasteiger partial charge on any atom is -0.247 e. The van der Waals surface area contributed by atoms with Crippen molar-refractivity contribution in [3.8, 4) is 22.4 Å². The minimum absolute atomic E-state index is 0.0344. The normalized spacial score (nSPS) is 12.4. The highest BCUT2D eigenvalue weighted by Crippen LogP contribution is 2.43. The van der Waals surface area contributed by atoms with E-state index in [1.165, 1.54) is 68.7 Å². The first kappa shape index (κ1) is 26.2. The average molecular weight is 548 g/mol. The molecule has 6 rings (SSSR count). The molecule has 3 heteroatoms. The fourth-order valence-corrected chi connectivity index (χ4v) is 8.27. The largest absolute Gasteiger partial charge is 0.247 e. The molecule has 0 fully saturated rings. The number of hydrogen-bond acceptors (Lipinski definition) is 3. The summed E-state index contributed by atoms with van der Waals surface area (Å²) in [5.41, 5.74) is 10.1. The van der Waals surface area contributed by atoms with E-state index >= 15 is 0 Å². The Balaban J connectivity index is 1.60. The third kappa shape index (κ3) is 4.60. The van der Waals surface area contributed by atoms with Crippen LogP contribution in [-0.2, 0) is 11.8 Å². The Morgan fingerprint density at radius 3 is 2.31 bits per heavy atom. The quantitative estimate of drug-likeness (QED) is 0.214. The summed E-state index contributed by atoms with van der Waals surface area (Å²) in [5.74, 6) is 0.663. The monoisotopic (exact) mass is 547 g/mol. The van der Waals surface area contributed by atoms with Crippen LogP contribution in [0.3, 0.4) is 0 Å². The second-order valence-corrected chi connectivity index (χ2v) is 14.8. The van der Waals surface area contributed by atoms with E-state index in [9.17, 15) is 0 Å². The van der Waals surface area contributed by atoms with Crippen molar-refractivity contribution in [3.05, 3.63) is 87.1 Å². The van der Waals surface area contributed by atoms with Crippen LogP contribution in [0.1, 0.15) is 61.1 Å². The molecule has 0 radical (unpaired) electrons. The molecular weight excluding hydrogens is 511 g/mol. The number of aryl methyl sites for hydroxylation is 3. The topological polar surface area (TPSA) is 12.9 Å². The first-order valence-electron chi connectivity index (χ1n) is 14.0. The van der Waals surface area contributed by atoms with Crippen molar-refractivity contribution in [2.45, 2.75) is 67.2 Å². The van der Waals surface area contributed by atoms with Crippen LogP contribution < -0.4 is 0 Å². The number of fused-ring (bicyclic) bond motifs is 3. The van der Waals surface area contributed by atoms with Gasteiger partial charge in [-0.25, -0.2) is 4.98 Å². The third-order valence-corrected chi connectivity index (χ3v) is 10.5. The summed E-state index contributed by atoms with van der Waals surface area (Å²) in [6.45, 7) is 18.3. The molecule has 0 unspecified atom stereocenters. The Morgan fingerprint density at radius 2 is 1.56 bits per heavy atom. The Hall–Kier alpha value is -3.01. The Labute approximate surface area is 240 Å². The molecule has 0 saturated heterocycles. The lowest BCUT2D eigenvalue weighted by Gasteiger charge is -2.23. The average Bonchev–Trinajstić information content (AvgIpc) is 3.36. The fourth-order valence-electron chi connectivity index (χ4n) is 5.73. The van der Waals surface area contributed by atoms with Gasteiger partial charge in [-0.2, -0.15) is 0 Å². The zero-order valence-corrected chi connectivity index (χ0v) is 26.0. The van der Waals surface area contributed by atoms with E-state index in [1.54, 1.807) is 0 Å². The zero-order valence-electron chi connectivity index (χ0n) is 24.3. The van der Waals surface area contributed by atoms with Crippen molar-refractivity contribution < 1.29 is 0 Å². The van der Waals surface area contributed by atoms with Crippen LogP contribution in [-0.4, -0.2) is 4.98 Å². The highest BCUT2D eigenvalue weighted by Gasteiger charge is 2.21. The second kappa shape index (κ2) is 9.57. The number of aromatic nitrogens is 1. The van der Waals surface area contributed by atoms with Gasteiger partial charge in [0, 0.05) is 25.6 Å². The first-order chi connectivity index (χ1) is 18.5. The SMILES string of the molecule is Cc1sc2c(-c3ccc4sc(CC(C)C)c(C)c4c3)cc(-c3cc(C(C)(C)C)c4ccccc4c3)nc2c1C. The number of benzene rings is 3. The van der Waals surface area contributed by atoms with Crippen molar-refractivity contribution in [2.24, 2.45) is 5.92 Å². The van der Waals surface area contributed by atoms with E-state index in [1.807, 2.05) is 22.7 Å². The predicted molar refractivity (Wildman–Crippen MR) is 175 cm³/mol. The molecule has 198 valence electrons. The van der Waals surface area contributed by atoms with E-state index in [-0.39, 0.29) is 5.41 Å². The van der Waals surface area contributed by atoms with Gasteiger partial charge in [-0.3, -0.25) is 0 Å². The molecule has 3 aromatic heterocycles. The Bertz CT molecular complexity index is 1870. The maximum atomic E-state index is 5.31. The molecule has 39 heavy (non-hydrogen) atoms. The van der Waals surface area contributed by atoms with Crippen molar-refractivity contribution in [1.82, 2.24) is 4.98 Å². The summed E-state index contributed by atoms with van der Waals surface area (Å²) >= 11 is 3.84. The maximum Gasteiger partial charge on any atom is 0.0855 e. The van der Waals surface area contributed by atoms with Gasteiger partial charge in [0.2, 0.25) is 0 Å². The van der Waals surface area contributed by atoms with Crippen molar-refractivity contribution in [2.75, 3.05) is 0 Å². The van der Waals surface area contributed by atoms with Crippen LogP contribution in [0.25, 0.3) is 53.5 Å². The molecule has 0 bridgehead atoms. The van der Waals surface area contributed by atoms with Gasteiger partial charge >= 0.3 is 0 Å². The van der Waals surface area contributed by atoms with Crippen molar-refractivity contribution in [3.63, 3.8) is 0 Å². The van der Waals surface area contributed by atoms with Gasteiger partial charge in [0.15, 0.2) is 0 Å². The molecular formula is C36H37NS2. The maximum absolute atomic E-state index is 5.31. The molecule has 0 aliphatic heterocycles. The zero-order chi connectivity index (χ0) is 27.6. The van der Waals surface area contributed by atoms with Crippen LogP contribution in [0.15, 0.2) is 60.7 Å².